The molecule has 0 spiro atoms. The number of hydrogen-bond donors (Lipinski definition) is 1. The molecule has 4 heteroatoms. The molecule has 0 saturated carbocycles. The standard InChI is InChI=1S/C11H13NO2.ClH/c1-3-11(13)14-10-7-5-4-6-9(10)8-12-2;/h3-7,12H,1,8H2,2H3;1H. The Hall–Kier alpha value is -1.32. The molecular formula is C11H14ClNO2. The van der Waals surface area contributed by atoms with E-state index in [9.17, 15) is 4.79 Å². The van der Waals surface area contributed by atoms with E-state index in [1.54, 1.807) is 6.07 Å². The summed E-state index contributed by atoms with van der Waals surface area (Å²) in [7, 11) is 1.84. The fourth-order valence-corrected chi connectivity index (χ4v) is 1.09. The van der Waals surface area contributed by atoms with Crippen molar-refractivity contribution >= 4 is 18.4 Å². The topological polar surface area (TPSA) is 38.3 Å². The van der Waals surface area contributed by atoms with Gasteiger partial charge in [-0.2, -0.15) is 0 Å². The Morgan fingerprint density at radius 1 is 1.53 bits per heavy atom. The van der Waals surface area contributed by atoms with Crippen LogP contribution in [-0.2, 0) is 11.3 Å². The summed E-state index contributed by atoms with van der Waals surface area (Å²) < 4.78 is 5.05. The van der Waals surface area contributed by atoms with Gasteiger partial charge < -0.3 is 10.1 Å². The fourth-order valence-electron chi connectivity index (χ4n) is 1.09. The first-order valence-corrected chi connectivity index (χ1v) is 4.34. The third-order valence-electron chi connectivity index (χ3n) is 1.72. The number of para-hydroxylation sites is 1. The van der Waals surface area contributed by atoms with Crippen molar-refractivity contribution < 1.29 is 9.53 Å². The van der Waals surface area contributed by atoms with Crippen LogP contribution in [0, 0.1) is 0 Å². The highest BCUT2D eigenvalue weighted by Gasteiger charge is 2.04. The van der Waals surface area contributed by atoms with Gasteiger partial charge in [-0.05, 0) is 13.1 Å². The van der Waals surface area contributed by atoms with Crippen molar-refractivity contribution in [1.29, 1.82) is 0 Å². The number of hydrogen-bond acceptors (Lipinski definition) is 3. The molecule has 3 nitrogen and oxygen atoms in total. The number of benzene rings is 1. The summed E-state index contributed by atoms with van der Waals surface area (Å²) >= 11 is 0. The zero-order valence-electron chi connectivity index (χ0n) is 8.53. The third kappa shape index (κ3) is 4.14. The third-order valence-corrected chi connectivity index (χ3v) is 1.72. The van der Waals surface area contributed by atoms with E-state index in [0.717, 1.165) is 11.6 Å². The highest BCUT2D eigenvalue weighted by atomic mass is 35.5. The van der Waals surface area contributed by atoms with E-state index in [0.29, 0.717) is 12.3 Å². The van der Waals surface area contributed by atoms with Crippen LogP contribution in [0.2, 0.25) is 0 Å². The zero-order chi connectivity index (χ0) is 10.4. The van der Waals surface area contributed by atoms with Gasteiger partial charge in [0.2, 0.25) is 0 Å². The van der Waals surface area contributed by atoms with Crippen molar-refractivity contribution in [2.24, 2.45) is 0 Å². The lowest BCUT2D eigenvalue weighted by Gasteiger charge is -2.07. The summed E-state index contributed by atoms with van der Waals surface area (Å²) in [5, 5.41) is 3.00. The van der Waals surface area contributed by atoms with Crippen molar-refractivity contribution in [3.05, 3.63) is 42.5 Å². The van der Waals surface area contributed by atoms with Crippen LogP contribution in [-0.4, -0.2) is 13.0 Å². The van der Waals surface area contributed by atoms with Crippen LogP contribution in [0.15, 0.2) is 36.9 Å². The van der Waals surface area contributed by atoms with Crippen LogP contribution in [0.3, 0.4) is 0 Å². The molecule has 1 rings (SSSR count). The molecule has 15 heavy (non-hydrogen) atoms. The van der Waals surface area contributed by atoms with E-state index < -0.39 is 5.97 Å². The van der Waals surface area contributed by atoms with Gasteiger partial charge >= 0.3 is 5.97 Å². The Kier molecular flexibility index (Phi) is 6.42. The van der Waals surface area contributed by atoms with Crippen LogP contribution >= 0.6 is 12.4 Å². The van der Waals surface area contributed by atoms with Gasteiger partial charge in [0, 0.05) is 18.2 Å². The predicted octanol–water partition coefficient (Wildman–Crippen LogP) is 1.92. The minimum absolute atomic E-state index is 0. The molecule has 0 aromatic heterocycles. The lowest BCUT2D eigenvalue weighted by Crippen LogP contribution is -2.10. The number of ether oxygens (including phenoxy) is 1. The maximum Gasteiger partial charge on any atom is 0.335 e. The van der Waals surface area contributed by atoms with Gasteiger partial charge in [0.15, 0.2) is 0 Å². The molecule has 0 bridgehead atoms. The minimum Gasteiger partial charge on any atom is -0.423 e. The molecule has 0 saturated heterocycles. The lowest BCUT2D eigenvalue weighted by molar-refractivity contribution is -0.129. The maximum atomic E-state index is 11.0. The van der Waals surface area contributed by atoms with Crippen LogP contribution in [0.5, 0.6) is 5.75 Å². The molecule has 0 fully saturated rings. The smallest absolute Gasteiger partial charge is 0.335 e. The van der Waals surface area contributed by atoms with Gasteiger partial charge in [-0.1, -0.05) is 24.8 Å². The Morgan fingerprint density at radius 3 is 2.80 bits per heavy atom. The van der Waals surface area contributed by atoms with Crippen molar-refractivity contribution in [1.82, 2.24) is 5.32 Å². The van der Waals surface area contributed by atoms with Crippen molar-refractivity contribution in [3.63, 3.8) is 0 Å². The summed E-state index contributed by atoms with van der Waals surface area (Å²) in [4.78, 5) is 11.0. The Labute approximate surface area is 95.5 Å². The van der Waals surface area contributed by atoms with E-state index in [-0.39, 0.29) is 12.4 Å². The quantitative estimate of drug-likeness (QED) is 0.485. The average molecular weight is 228 g/mol. The molecule has 0 heterocycles. The lowest BCUT2D eigenvalue weighted by atomic mass is 10.2. The molecule has 0 unspecified atom stereocenters. The van der Waals surface area contributed by atoms with Crippen LogP contribution in [0.4, 0.5) is 0 Å². The zero-order valence-corrected chi connectivity index (χ0v) is 9.34. The largest absolute Gasteiger partial charge is 0.423 e. The van der Waals surface area contributed by atoms with Gasteiger partial charge in [0.25, 0.3) is 0 Å². The van der Waals surface area contributed by atoms with Gasteiger partial charge in [-0.25, -0.2) is 4.79 Å². The Balaban J connectivity index is 0.00000196. The molecule has 0 amide bonds. The first-order chi connectivity index (χ1) is 6.77. The number of carbonyl (C=O) groups is 1. The highest BCUT2D eigenvalue weighted by molar-refractivity contribution is 5.85. The second-order valence-electron chi connectivity index (χ2n) is 2.76. The van der Waals surface area contributed by atoms with Crippen LogP contribution in [0.1, 0.15) is 5.56 Å². The van der Waals surface area contributed by atoms with Gasteiger partial charge in [-0.15, -0.1) is 12.4 Å². The van der Waals surface area contributed by atoms with E-state index in [1.165, 1.54) is 0 Å². The van der Waals surface area contributed by atoms with E-state index >= 15 is 0 Å². The number of nitrogens with one attached hydrogen (secondary N) is 1. The van der Waals surface area contributed by atoms with Crippen LogP contribution in [0.25, 0.3) is 0 Å². The van der Waals surface area contributed by atoms with Crippen LogP contribution < -0.4 is 10.1 Å². The molecule has 0 aliphatic heterocycles. The molecule has 1 aromatic rings. The van der Waals surface area contributed by atoms with E-state index in [1.807, 2.05) is 25.2 Å². The number of halogens is 1. The summed E-state index contributed by atoms with van der Waals surface area (Å²) in [6.07, 6.45) is 1.15. The van der Waals surface area contributed by atoms with Crippen molar-refractivity contribution in [2.45, 2.75) is 6.54 Å². The van der Waals surface area contributed by atoms with Gasteiger partial charge in [-0.3, -0.25) is 0 Å². The Morgan fingerprint density at radius 2 is 2.20 bits per heavy atom. The minimum atomic E-state index is -0.437. The Bertz CT molecular complexity index is 339. The maximum absolute atomic E-state index is 11.0. The molecule has 1 aromatic carbocycles. The van der Waals surface area contributed by atoms with Gasteiger partial charge in [0.1, 0.15) is 5.75 Å². The monoisotopic (exact) mass is 227 g/mol. The molecule has 0 aliphatic rings. The summed E-state index contributed by atoms with van der Waals surface area (Å²) in [5.41, 5.74) is 0.949. The molecule has 0 aliphatic carbocycles. The number of rotatable bonds is 4. The number of esters is 1. The molecule has 1 N–H and O–H groups in total. The first kappa shape index (κ1) is 13.7. The summed E-state index contributed by atoms with van der Waals surface area (Å²) in [6, 6.07) is 7.39. The normalized spacial score (nSPS) is 8.87. The number of carbonyl (C=O) groups excluding carboxylic acids is 1. The predicted molar refractivity (Wildman–Crippen MR) is 62.3 cm³/mol. The fraction of sp³-hybridized carbons (Fsp3) is 0.182. The second kappa shape index (κ2) is 7.04. The van der Waals surface area contributed by atoms with E-state index in [2.05, 4.69) is 11.9 Å². The van der Waals surface area contributed by atoms with Crippen molar-refractivity contribution in [2.75, 3.05) is 7.05 Å². The SMILES string of the molecule is C=CC(=O)Oc1ccccc1CNC.Cl. The first-order valence-electron chi connectivity index (χ1n) is 4.34. The molecule has 0 atom stereocenters. The summed E-state index contributed by atoms with van der Waals surface area (Å²) in [6.45, 7) is 4.01. The molecule has 0 radical (unpaired) electrons. The average Bonchev–Trinajstić information content (AvgIpc) is 2.21. The summed E-state index contributed by atoms with van der Waals surface area (Å²) in [5.74, 6) is 0.139. The van der Waals surface area contributed by atoms with Crippen molar-refractivity contribution in [3.8, 4) is 5.75 Å². The van der Waals surface area contributed by atoms with Gasteiger partial charge in [0.05, 0.1) is 0 Å². The highest BCUT2D eigenvalue weighted by Crippen LogP contribution is 2.17. The molecular weight excluding hydrogens is 214 g/mol. The van der Waals surface area contributed by atoms with E-state index in [4.69, 9.17) is 4.74 Å². The molecule has 82 valence electrons. The second-order valence-corrected chi connectivity index (χ2v) is 2.76.